The summed E-state index contributed by atoms with van der Waals surface area (Å²) in [5, 5.41) is 6.20. The fourth-order valence-electron chi connectivity index (χ4n) is 1.73. The molecule has 0 radical (unpaired) electrons. The molecule has 0 bridgehead atoms. The monoisotopic (exact) mass is 269 g/mol. The second kappa shape index (κ2) is 6.82. The van der Waals surface area contributed by atoms with Crippen LogP contribution >= 0.6 is 0 Å². The maximum Gasteiger partial charge on any atom is 0.257 e. The van der Waals surface area contributed by atoms with Gasteiger partial charge in [-0.3, -0.25) is 9.78 Å². The molecule has 2 N–H and O–H groups in total. The van der Waals surface area contributed by atoms with Gasteiger partial charge in [-0.15, -0.1) is 0 Å². The zero-order valence-electron chi connectivity index (χ0n) is 11.8. The summed E-state index contributed by atoms with van der Waals surface area (Å²) in [6.45, 7) is 5.06. The molecule has 1 amide bonds. The number of benzene rings is 1. The van der Waals surface area contributed by atoms with Crippen molar-refractivity contribution in [1.82, 2.24) is 10.3 Å². The predicted molar refractivity (Wildman–Crippen MR) is 80.6 cm³/mol. The standard InChI is InChI=1S/C16H19N3O/c1-12(2)18-10-13-5-7-15(8-6-13)19-16(20)14-4-3-9-17-11-14/h3-9,11-12,18H,10H2,1-2H3,(H,19,20). The van der Waals surface area contributed by atoms with E-state index in [4.69, 9.17) is 0 Å². The van der Waals surface area contributed by atoms with Crippen molar-refractivity contribution in [3.8, 4) is 0 Å². The molecular weight excluding hydrogens is 250 g/mol. The van der Waals surface area contributed by atoms with Gasteiger partial charge >= 0.3 is 0 Å². The molecule has 0 aliphatic heterocycles. The largest absolute Gasteiger partial charge is 0.322 e. The topological polar surface area (TPSA) is 54.0 Å². The van der Waals surface area contributed by atoms with Crippen LogP contribution in [0.4, 0.5) is 5.69 Å². The molecule has 1 aromatic carbocycles. The molecule has 2 rings (SSSR count). The SMILES string of the molecule is CC(C)NCc1ccc(NC(=O)c2cccnc2)cc1. The molecule has 0 saturated carbocycles. The van der Waals surface area contributed by atoms with Crippen LogP contribution < -0.4 is 10.6 Å². The molecule has 0 fully saturated rings. The Kier molecular flexibility index (Phi) is 4.85. The van der Waals surface area contributed by atoms with E-state index < -0.39 is 0 Å². The van der Waals surface area contributed by atoms with Crippen LogP contribution in [-0.4, -0.2) is 16.9 Å². The van der Waals surface area contributed by atoms with Crippen molar-refractivity contribution in [1.29, 1.82) is 0 Å². The number of hydrogen-bond donors (Lipinski definition) is 2. The first kappa shape index (κ1) is 14.2. The molecule has 0 aliphatic carbocycles. The number of hydrogen-bond acceptors (Lipinski definition) is 3. The summed E-state index contributed by atoms with van der Waals surface area (Å²) in [5.41, 5.74) is 2.53. The zero-order valence-corrected chi connectivity index (χ0v) is 11.8. The second-order valence-corrected chi connectivity index (χ2v) is 4.93. The minimum absolute atomic E-state index is 0.147. The zero-order chi connectivity index (χ0) is 14.4. The number of nitrogens with one attached hydrogen (secondary N) is 2. The van der Waals surface area contributed by atoms with Gasteiger partial charge in [-0.25, -0.2) is 0 Å². The fraction of sp³-hybridized carbons (Fsp3) is 0.250. The summed E-state index contributed by atoms with van der Waals surface area (Å²) in [6, 6.07) is 11.8. The van der Waals surface area contributed by atoms with Gasteiger partial charge in [0.05, 0.1) is 5.56 Å². The molecule has 20 heavy (non-hydrogen) atoms. The molecule has 0 unspecified atom stereocenters. The lowest BCUT2D eigenvalue weighted by atomic mass is 10.2. The Bertz CT molecular complexity index is 550. The van der Waals surface area contributed by atoms with Crippen molar-refractivity contribution in [2.24, 2.45) is 0 Å². The highest BCUT2D eigenvalue weighted by molar-refractivity contribution is 6.03. The lowest BCUT2D eigenvalue weighted by Crippen LogP contribution is -2.21. The highest BCUT2D eigenvalue weighted by Gasteiger charge is 2.05. The van der Waals surface area contributed by atoms with Gasteiger partial charge in [0.15, 0.2) is 0 Å². The van der Waals surface area contributed by atoms with Gasteiger partial charge in [-0.1, -0.05) is 26.0 Å². The van der Waals surface area contributed by atoms with E-state index in [1.807, 2.05) is 24.3 Å². The smallest absolute Gasteiger partial charge is 0.257 e. The number of nitrogens with zero attached hydrogens (tertiary/aromatic N) is 1. The first-order valence-corrected chi connectivity index (χ1v) is 6.69. The van der Waals surface area contributed by atoms with Crippen LogP contribution in [0.15, 0.2) is 48.8 Å². The molecule has 1 heterocycles. The average molecular weight is 269 g/mol. The second-order valence-electron chi connectivity index (χ2n) is 4.93. The van der Waals surface area contributed by atoms with Crippen molar-refractivity contribution in [2.75, 3.05) is 5.32 Å². The van der Waals surface area contributed by atoms with Gasteiger partial charge < -0.3 is 10.6 Å². The summed E-state index contributed by atoms with van der Waals surface area (Å²) >= 11 is 0. The van der Waals surface area contributed by atoms with Gasteiger partial charge in [0, 0.05) is 30.7 Å². The maximum atomic E-state index is 12.0. The van der Waals surface area contributed by atoms with E-state index in [0.717, 1.165) is 12.2 Å². The third-order valence-electron chi connectivity index (χ3n) is 2.85. The molecule has 0 aliphatic rings. The third-order valence-corrected chi connectivity index (χ3v) is 2.85. The van der Waals surface area contributed by atoms with E-state index >= 15 is 0 Å². The highest BCUT2D eigenvalue weighted by Crippen LogP contribution is 2.11. The Morgan fingerprint density at radius 3 is 2.55 bits per heavy atom. The van der Waals surface area contributed by atoms with Crippen molar-refractivity contribution in [2.45, 2.75) is 26.4 Å². The van der Waals surface area contributed by atoms with E-state index in [1.165, 1.54) is 5.56 Å². The lowest BCUT2D eigenvalue weighted by Gasteiger charge is -2.09. The van der Waals surface area contributed by atoms with Gasteiger partial charge in [-0.05, 0) is 29.8 Å². The number of rotatable bonds is 5. The molecule has 1 aromatic heterocycles. The quantitative estimate of drug-likeness (QED) is 0.877. The van der Waals surface area contributed by atoms with E-state index in [1.54, 1.807) is 24.5 Å². The van der Waals surface area contributed by atoms with Gasteiger partial charge in [0.25, 0.3) is 5.91 Å². The number of pyridine rings is 1. The minimum atomic E-state index is -0.147. The van der Waals surface area contributed by atoms with Crippen LogP contribution in [0.1, 0.15) is 29.8 Å². The van der Waals surface area contributed by atoms with Gasteiger partial charge in [-0.2, -0.15) is 0 Å². The molecule has 104 valence electrons. The highest BCUT2D eigenvalue weighted by atomic mass is 16.1. The van der Waals surface area contributed by atoms with Crippen LogP contribution in [0, 0.1) is 0 Å². The van der Waals surface area contributed by atoms with Crippen LogP contribution in [0.3, 0.4) is 0 Å². The van der Waals surface area contributed by atoms with Gasteiger partial charge in [0.1, 0.15) is 0 Å². The predicted octanol–water partition coefficient (Wildman–Crippen LogP) is 2.83. The maximum absolute atomic E-state index is 12.0. The summed E-state index contributed by atoms with van der Waals surface area (Å²) in [6.07, 6.45) is 3.20. The molecule has 2 aromatic rings. The van der Waals surface area contributed by atoms with Gasteiger partial charge in [0.2, 0.25) is 0 Å². The Balaban J connectivity index is 1.95. The number of carbonyl (C=O) groups is 1. The Labute approximate surface area is 119 Å². The van der Waals surface area contributed by atoms with Crippen LogP contribution in [0.2, 0.25) is 0 Å². The fourth-order valence-corrected chi connectivity index (χ4v) is 1.73. The molecule has 0 atom stereocenters. The van der Waals surface area contributed by atoms with Crippen molar-refractivity contribution in [3.63, 3.8) is 0 Å². The Hall–Kier alpha value is -2.20. The van der Waals surface area contributed by atoms with Crippen molar-refractivity contribution < 1.29 is 4.79 Å². The molecule has 4 heteroatoms. The normalized spacial score (nSPS) is 10.6. The van der Waals surface area contributed by atoms with E-state index in [9.17, 15) is 4.79 Å². The number of aromatic nitrogens is 1. The van der Waals surface area contributed by atoms with Crippen molar-refractivity contribution >= 4 is 11.6 Å². The molecule has 0 saturated heterocycles. The molecular formula is C16H19N3O. The van der Waals surface area contributed by atoms with Crippen LogP contribution in [0.25, 0.3) is 0 Å². The number of anilines is 1. The summed E-state index contributed by atoms with van der Waals surface area (Å²) in [7, 11) is 0. The summed E-state index contributed by atoms with van der Waals surface area (Å²) in [5.74, 6) is -0.147. The Morgan fingerprint density at radius 1 is 1.20 bits per heavy atom. The van der Waals surface area contributed by atoms with E-state index in [2.05, 4.69) is 29.5 Å². The van der Waals surface area contributed by atoms with Crippen LogP contribution in [-0.2, 0) is 6.54 Å². The lowest BCUT2D eigenvalue weighted by molar-refractivity contribution is 0.102. The first-order valence-electron chi connectivity index (χ1n) is 6.69. The van der Waals surface area contributed by atoms with Crippen LogP contribution in [0.5, 0.6) is 0 Å². The molecule has 4 nitrogen and oxygen atoms in total. The minimum Gasteiger partial charge on any atom is -0.322 e. The van der Waals surface area contributed by atoms with E-state index in [0.29, 0.717) is 11.6 Å². The number of amides is 1. The number of carbonyl (C=O) groups excluding carboxylic acids is 1. The molecule has 0 spiro atoms. The van der Waals surface area contributed by atoms with Crippen molar-refractivity contribution in [3.05, 3.63) is 59.9 Å². The van der Waals surface area contributed by atoms with E-state index in [-0.39, 0.29) is 5.91 Å². The third kappa shape index (κ3) is 4.17. The Morgan fingerprint density at radius 2 is 1.95 bits per heavy atom. The summed E-state index contributed by atoms with van der Waals surface area (Å²) in [4.78, 5) is 15.9. The first-order chi connectivity index (χ1) is 9.65. The summed E-state index contributed by atoms with van der Waals surface area (Å²) < 4.78 is 0. The average Bonchev–Trinajstić information content (AvgIpc) is 2.47.